The van der Waals surface area contributed by atoms with E-state index in [2.05, 4.69) is 20.7 Å². The molecular formula is C12H11BrO4. The van der Waals surface area contributed by atoms with Crippen LogP contribution in [0.2, 0.25) is 0 Å². The van der Waals surface area contributed by atoms with Crippen molar-refractivity contribution in [2.45, 2.75) is 12.3 Å². The summed E-state index contributed by atoms with van der Waals surface area (Å²) in [6, 6.07) is 7.31. The van der Waals surface area contributed by atoms with Crippen LogP contribution in [0.15, 0.2) is 28.7 Å². The molecule has 1 N–H and O–H groups in total. The van der Waals surface area contributed by atoms with E-state index in [0.717, 1.165) is 10.0 Å². The average molecular weight is 299 g/mol. The number of aliphatic carboxylic acids is 1. The van der Waals surface area contributed by atoms with Crippen LogP contribution < -0.4 is 0 Å². The number of carbonyl (C=O) groups is 2. The van der Waals surface area contributed by atoms with Gasteiger partial charge in [0.05, 0.1) is 7.11 Å². The van der Waals surface area contributed by atoms with Gasteiger partial charge in [0.2, 0.25) is 0 Å². The Kier molecular flexibility index (Phi) is 2.95. The molecule has 2 rings (SSSR count). The van der Waals surface area contributed by atoms with Crippen LogP contribution in [0.1, 0.15) is 17.9 Å². The minimum absolute atomic E-state index is 0.291. The SMILES string of the molecule is COC(=O)C1(C(=O)O)CC1c1ccc(Br)cc1. The number of esters is 1. The molecule has 0 spiro atoms. The zero-order chi connectivity index (χ0) is 12.6. The van der Waals surface area contributed by atoms with Gasteiger partial charge in [-0.1, -0.05) is 28.1 Å². The summed E-state index contributed by atoms with van der Waals surface area (Å²) in [6.45, 7) is 0. The van der Waals surface area contributed by atoms with E-state index in [0.29, 0.717) is 6.42 Å². The van der Waals surface area contributed by atoms with Crippen LogP contribution in [0.3, 0.4) is 0 Å². The Bertz CT molecular complexity index is 468. The highest BCUT2D eigenvalue weighted by atomic mass is 79.9. The molecule has 0 radical (unpaired) electrons. The Labute approximate surface area is 107 Å². The number of carboxylic acid groups (broad SMARTS) is 1. The largest absolute Gasteiger partial charge is 0.480 e. The molecule has 90 valence electrons. The predicted octanol–water partition coefficient (Wildman–Crippen LogP) is 2.18. The van der Waals surface area contributed by atoms with Crippen molar-refractivity contribution in [3.05, 3.63) is 34.3 Å². The number of methoxy groups -OCH3 is 1. The van der Waals surface area contributed by atoms with Gasteiger partial charge in [0.1, 0.15) is 0 Å². The summed E-state index contributed by atoms with van der Waals surface area (Å²) in [6.07, 6.45) is 0.302. The number of ether oxygens (including phenoxy) is 1. The minimum Gasteiger partial charge on any atom is -0.480 e. The molecule has 0 aliphatic heterocycles. The van der Waals surface area contributed by atoms with Crippen molar-refractivity contribution in [3.63, 3.8) is 0 Å². The van der Waals surface area contributed by atoms with Gasteiger partial charge in [-0.25, -0.2) is 0 Å². The van der Waals surface area contributed by atoms with Crippen LogP contribution in [0.5, 0.6) is 0 Å². The van der Waals surface area contributed by atoms with Crippen LogP contribution in [0, 0.1) is 5.41 Å². The summed E-state index contributed by atoms with van der Waals surface area (Å²) in [7, 11) is 1.21. The smallest absolute Gasteiger partial charge is 0.323 e. The summed E-state index contributed by atoms with van der Waals surface area (Å²) >= 11 is 3.31. The zero-order valence-electron chi connectivity index (χ0n) is 9.14. The minimum atomic E-state index is -1.39. The number of hydrogen-bond acceptors (Lipinski definition) is 3. The molecule has 4 nitrogen and oxygen atoms in total. The van der Waals surface area contributed by atoms with Gasteiger partial charge < -0.3 is 9.84 Å². The van der Waals surface area contributed by atoms with Gasteiger partial charge in [-0.05, 0) is 24.1 Å². The van der Waals surface area contributed by atoms with Gasteiger partial charge in [0.15, 0.2) is 5.41 Å². The second-order valence-electron chi connectivity index (χ2n) is 4.08. The molecule has 1 aromatic carbocycles. The third-order valence-electron chi connectivity index (χ3n) is 3.16. The fraction of sp³-hybridized carbons (Fsp3) is 0.333. The van der Waals surface area contributed by atoms with Gasteiger partial charge in [-0.3, -0.25) is 9.59 Å². The molecule has 1 aliphatic rings. The molecule has 2 unspecified atom stereocenters. The standard InChI is InChI=1S/C12H11BrO4/c1-17-11(16)12(10(14)15)6-9(12)7-2-4-8(13)5-3-7/h2-5,9H,6H2,1H3,(H,14,15). The first kappa shape index (κ1) is 12.1. The Morgan fingerprint density at radius 3 is 2.47 bits per heavy atom. The average Bonchev–Trinajstić information content (AvgIpc) is 3.05. The monoisotopic (exact) mass is 298 g/mol. The van der Waals surface area contributed by atoms with Crippen LogP contribution in [0.4, 0.5) is 0 Å². The highest BCUT2D eigenvalue weighted by Crippen LogP contribution is 2.60. The van der Waals surface area contributed by atoms with E-state index in [4.69, 9.17) is 0 Å². The molecule has 0 amide bonds. The van der Waals surface area contributed by atoms with Gasteiger partial charge in [-0.2, -0.15) is 0 Å². The molecule has 0 bridgehead atoms. The number of carbonyl (C=O) groups excluding carboxylic acids is 1. The first-order chi connectivity index (χ1) is 8.02. The Morgan fingerprint density at radius 1 is 1.41 bits per heavy atom. The van der Waals surface area contributed by atoms with Gasteiger partial charge in [-0.15, -0.1) is 0 Å². The van der Waals surface area contributed by atoms with Crippen molar-refractivity contribution in [1.29, 1.82) is 0 Å². The Hall–Kier alpha value is -1.36. The molecular weight excluding hydrogens is 288 g/mol. The Balaban J connectivity index is 2.29. The van der Waals surface area contributed by atoms with Gasteiger partial charge in [0.25, 0.3) is 0 Å². The summed E-state index contributed by atoms with van der Waals surface area (Å²) < 4.78 is 5.50. The first-order valence-electron chi connectivity index (χ1n) is 5.09. The first-order valence-corrected chi connectivity index (χ1v) is 5.89. The van der Waals surface area contributed by atoms with E-state index in [1.165, 1.54) is 7.11 Å². The van der Waals surface area contributed by atoms with Crippen LogP contribution in [-0.4, -0.2) is 24.2 Å². The van der Waals surface area contributed by atoms with Crippen molar-refractivity contribution in [2.24, 2.45) is 5.41 Å². The lowest BCUT2D eigenvalue weighted by molar-refractivity contribution is -0.159. The van der Waals surface area contributed by atoms with E-state index in [1.54, 1.807) is 0 Å². The molecule has 0 heterocycles. The molecule has 5 heteroatoms. The van der Waals surface area contributed by atoms with Crippen molar-refractivity contribution < 1.29 is 19.4 Å². The number of rotatable bonds is 3. The lowest BCUT2D eigenvalue weighted by Gasteiger charge is -2.09. The maximum Gasteiger partial charge on any atom is 0.323 e. The van der Waals surface area contributed by atoms with Crippen LogP contribution in [0.25, 0.3) is 0 Å². The maximum atomic E-state index is 11.6. The second-order valence-corrected chi connectivity index (χ2v) is 4.99. The topological polar surface area (TPSA) is 63.6 Å². The zero-order valence-corrected chi connectivity index (χ0v) is 10.7. The van der Waals surface area contributed by atoms with E-state index in [1.807, 2.05) is 24.3 Å². The molecule has 1 aromatic rings. The molecule has 1 aliphatic carbocycles. The highest BCUT2D eigenvalue weighted by Gasteiger charge is 2.67. The molecule has 0 aromatic heterocycles. The van der Waals surface area contributed by atoms with Gasteiger partial charge >= 0.3 is 11.9 Å². The van der Waals surface area contributed by atoms with Crippen molar-refractivity contribution >= 4 is 27.9 Å². The number of halogens is 1. The lowest BCUT2D eigenvalue weighted by atomic mass is 9.99. The molecule has 2 atom stereocenters. The van der Waals surface area contributed by atoms with Crippen molar-refractivity contribution in [2.75, 3.05) is 7.11 Å². The Morgan fingerprint density at radius 2 is 2.00 bits per heavy atom. The predicted molar refractivity (Wildman–Crippen MR) is 63.6 cm³/mol. The van der Waals surface area contributed by atoms with E-state index in [-0.39, 0.29) is 5.92 Å². The summed E-state index contributed by atoms with van der Waals surface area (Å²) in [4.78, 5) is 22.8. The number of carboxylic acids is 1. The fourth-order valence-electron chi connectivity index (χ4n) is 2.09. The van der Waals surface area contributed by atoms with E-state index in [9.17, 15) is 14.7 Å². The molecule has 0 saturated heterocycles. The maximum absolute atomic E-state index is 11.6. The van der Waals surface area contributed by atoms with E-state index >= 15 is 0 Å². The van der Waals surface area contributed by atoms with Gasteiger partial charge in [0, 0.05) is 10.4 Å². The lowest BCUT2D eigenvalue weighted by Crippen LogP contribution is -2.28. The summed E-state index contributed by atoms with van der Waals surface area (Å²) in [5.74, 6) is -2.07. The van der Waals surface area contributed by atoms with Crippen molar-refractivity contribution in [1.82, 2.24) is 0 Å². The number of benzene rings is 1. The second kappa shape index (κ2) is 4.14. The summed E-state index contributed by atoms with van der Waals surface area (Å²) in [5, 5.41) is 9.18. The fourth-order valence-corrected chi connectivity index (χ4v) is 2.36. The molecule has 17 heavy (non-hydrogen) atoms. The molecule has 1 fully saturated rings. The number of hydrogen-bond donors (Lipinski definition) is 1. The summed E-state index contributed by atoms with van der Waals surface area (Å²) in [5.41, 5.74) is -0.538. The van der Waals surface area contributed by atoms with Crippen LogP contribution in [-0.2, 0) is 14.3 Å². The van der Waals surface area contributed by atoms with E-state index < -0.39 is 17.4 Å². The highest BCUT2D eigenvalue weighted by molar-refractivity contribution is 9.10. The van der Waals surface area contributed by atoms with Crippen molar-refractivity contribution in [3.8, 4) is 0 Å². The third-order valence-corrected chi connectivity index (χ3v) is 3.69. The van der Waals surface area contributed by atoms with Crippen LogP contribution >= 0.6 is 15.9 Å². The normalized spacial score (nSPS) is 26.4. The third kappa shape index (κ3) is 1.84. The molecule has 1 saturated carbocycles. The quantitative estimate of drug-likeness (QED) is 0.686.